The predicted octanol–water partition coefficient (Wildman–Crippen LogP) is 1.78. The van der Waals surface area contributed by atoms with Crippen molar-refractivity contribution in [1.82, 2.24) is 10.2 Å². The Labute approximate surface area is 61.6 Å². The van der Waals surface area contributed by atoms with Gasteiger partial charge in [0.2, 0.25) is 5.89 Å². The molecule has 1 rings (SSSR count). The van der Waals surface area contributed by atoms with Crippen LogP contribution in [0.1, 0.15) is 19.2 Å². The maximum atomic E-state index is 5.02. The summed E-state index contributed by atoms with van der Waals surface area (Å²) in [7, 11) is 0. The molecule has 0 aliphatic rings. The van der Waals surface area contributed by atoms with Crippen LogP contribution in [0.2, 0.25) is 0 Å². The van der Waals surface area contributed by atoms with Gasteiger partial charge in [-0.1, -0.05) is 6.92 Å². The van der Waals surface area contributed by atoms with Crippen molar-refractivity contribution in [3.8, 4) is 0 Å². The molecule has 1 heterocycles. The highest BCUT2D eigenvalue weighted by atomic mass is 79.9. The van der Waals surface area contributed by atoms with Crippen LogP contribution in [0.5, 0.6) is 0 Å². The molecule has 0 aromatic carbocycles. The molecule has 0 atom stereocenters. The van der Waals surface area contributed by atoms with Crippen LogP contribution in [0, 0.1) is 0 Å². The predicted molar refractivity (Wildman–Crippen MR) is 36.0 cm³/mol. The second kappa shape index (κ2) is 2.96. The van der Waals surface area contributed by atoms with Gasteiger partial charge in [-0.2, -0.15) is 0 Å². The lowest BCUT2D eigenvalue weighted by molar-refractivity contribution is 0.469. The zero-order valence-electron chi connectivity index (χ0n) is 5.09. The Kier molecular flexibility index (Phi) is 2.22. The van der Waals surface area contributed by atoms with E-state index in [4.69, 9.17) is 4.42 Å². The summed E-state index contributed by atoms with van der Waals surface area (Å²) in [4.78, 5) is 0.464. The average Bonchev–Trinajstić information content (AvgIpc) is 2.17. The first-order valence-electron chi connectivity index (χ1n) is 2.81. The monoisotopic (exact) mass is 190 g/mol. The van der Waals surface area contributed by atoms with Crippen molar-refractivity contribution in [3.05, 3.63) is 10.7 Å². The van der Waals surface area contributed by atoms with E-state index in [0.717, 1.165) is 12.8 Å². The Hall–Kier alpha value is -0.380. The van der Waals surface area contributed by atoms with E-state index in [1.54, 1.807) is 0 Å². The van der Waals surface area contributed by atoms with Gasteiger partial charge in [0.25, 0.3) is 4.80 Å². The third kappa shape index (κ3) is 1.78. The van der Waals surface area contributed by atoms with E-state index in [2.05, 4.69) is 33.1 Å². The molecule has 0 fully saturated rings. The Morgan fingerprint density at radius 3 is 2.78 bits per heavy atom. The number of rotatable bonds is 2. The Morgan fingerprint density at radius 1 is 1.56 bits per heavy atom. The molecule has 50 valence electrons. The third-order valence-corrected chi connectivity index (χ3v) is 1.23. The van der Waals surface area contributed by atoms with Crippen LogP contribution in [-0.4, -0.2) is 10.2 Å². The van der Waals surface area contributed by atoms with Gasteiger partial charge < -0.3 is 4.42 Å². The van der Waals surface area contributed by atoms with E-state index in [1.165, 1.54) is 0 Å². The smallest absolute Gasteiger partial charge is 0.284 e. The molecule has 0 radical (unpaired) electrons. The molecular formula is C5H7BrN2O. The Balaban J connectivity index is 2.61. The van der Waals surface area contributed by atoms with E-state index in [9.17, 15) is 0 Å². The van der Waals surface area contributed by atoms with Crippen molar-refractivity contribution >= 4 is 15.9 Å². The molecule has 0 aliphatic carbocycles. The summed E-state index contributed by atoms with van der Waals surface area (Å²) in [5.41, 5.74) is 0. The molecule has 0 bridgehead atoms. The van der Waals surface area contributed by atoms with Gasteiger partial charge in [-0.05, 0) is 6.42 Å². The van der Waals surface area contributed by atoms with Crippen LogP contribution < -0.4 is 0 Å². The van der Waals surface area contributed by atoms with Crippen molar-refractivity contribution in [2.75, 3.05) is 0 Å². The van der Waals surface area contributed by atoms with Crippen LogP contribution >= 0.6 is 15.9 Å². The van der Waals surface area contributed by atoms with Gasteiger partial charge in [-0.15, -0.1) is 10.2 Å². The fraction of sp³-hybridized carbons (Fsp3) is 0.600. The topological polar surface area (TPSA) is 38.9 Å². The molecule has 3 nitrogen and oxygen atoms in total. The summed E-state index contributed by atoms with van der Waals surface area (Å²) in [6, 6.07) is 0. The molecule has 0 aliphatic heterocycles. The Morgan fingerprint density at radius 2 is 2.33 bits per heavy atom. The fourth-order valence-corrected chi connectivity index (χ4v) is 0.814. The third-order valence-electron chi connectivity index (χ3n) is 0.906. The number of aryl methyl sites for hydroxylation is 1. The first-order valence-corrected chi connectivity index (χ1v) is 3.60. The van der Waals surface area contributed by atoms with Gasteiger partial charge in [-0.25, -0.2) is 0 Å². The minimum atomic E-state index is 0.464. The molecule has 4 heteroatoms. The summed E-state index contributed by atoms with van der Waals surface area (Å²) >= 11 is 3.06. The van der Waals surface area contributed by atoms with Crippen LogP contribution in [0.4, 0.5) is 0 Å². The summed E-state index contributed by atoms with van der Waals surface area (Å²) in [6.45, 7) is 2.07. The first kappa shape index (κ1) is 6.74. The number of hydrogen-bond acceptors (Lipinski definition) is 3. The minimum absolute atomic E-state index is 0.464. The summed E-state index contributed by atoms with van der Waals surface area (Å²) in [5, 5.41) is 7.38. The van der Waals surface area contributed by atoms with Gasteiger partial charge in [0.05, 0.1) is 0 Å². The average molecular weight is 191 g/mol. The quantitative estimate of drug-likeness (QED) is 0.715. The van der Waals surface area contributed by atoms with Crippen molar-refractivity contribution in [2.24, 2.45) is 0 Å². The SMILES string of the molecule is CCCc1nnc(Br)o1. The van der Waals surface area contributed by atoms with Gasteiger partial charge in [0.15, 0.2) is 0 Å². The lowest BCUT2D eigenvalue weighted by Gasteiger charge is -1.82. The molecule has 0 N–H and O–H groups in total. The molecule has 9 heavy (non-hydrogen) atoms. The van der Waals surface area contributed by atoms with Crippen molar-refractivity contribution in [2.45, 2.75) is 19.8 Å². The molecule has 0 saturated heterocycles. The Bertz CT molecular complexity index is 187. The van der Waals surface area contributed by atoms with Crippen molar-refractivity contribution in [3.63, 3.8) is 0 Å². The lowest BCUT2D eigenvalue weighted by Crippen LogP contribution is -1.80. The molecule has 0 saturated carbocycles. The zero-order chi connectivity index (χ0) is 6.69. The highest BCUT2D eigenvalue weighted by Crippen LogP contribution is 2.07. The fourth-order valence-electron chi connectivity index (χ4n) is 0.548. The minimum Gasteiger partial charge on any atom is -0.416 e. The number of nitrogens with zero attached hydrogens (tertiary/aromatic N) is 2. The normalized spacial score (nSPS) is 10.0. The molecule has 1 aromatic rings. The van der Waals surface area contributed by atoms with E-state index < -0.39 is 0 Å². The van der Waals surface area contributed by atoms with Crippen molar-refractivity contribution < 1.29 is 4.42 Å². The van der Waals surface area contributed by atoms with Crippen LogP contribution in [0.15, 0.2) is 9.22 Å². The standard InChI is InChI=1S/C5H7BrN2O/c1-2-3-4-7-8-5(6)9-4/h2-3H2,1H3. The van der Waals surface area contributed by atoms with Crippen LogP contribution in [0.25, 0.3) is 0 Å². The van der Waals surface area contributed by atoms with Gasteiger partial charge in [-0.3, -0.25) is 0 Å². The summed E-state index contributed by atoms with van der Waals surface area (Å²) in [6.07, 6.45) is 1.90. The van der Waals surface area contributed by atoms with Gasteiger partial charge >= 0.3 is 0 Å². The molecule has 0 unspecified atom stereocenters. The van der Waals surface area contributed by atoms with E-state index >= 15 is 0 Å². The lowest BCUT2D eigenvalue weighted by atomic mass is 10.3. The molecule has 0 amide bonds. The second-order valence-corrected chi connectivity index (χ2v) is 2.38. The number of halogens is 1. The summed E-state index contributed by atoms with van der Waals surface area (Å²) in [5.74, 6) is 0.698. The highest BCUT2D eigenvalue weighted by molar-refractivity contribution is 9.10. The van der Waals surface area contributed by atoms with Crippen molar-refractivity contribution in [1.29, 1.82) is 0 Å². The second-order valence-electron chi connectivity index (χ2n) is 1.70. The van der Waals surface area contributed by atoms with E-state index in [1.807, 2.05) is 0 Å². The van der Waals surface area contributed by atoms with E-state index in [0.29, 0.717) is 10.7 Å². The van der Waals surface area contributed by atoms with Crippen LogP contribution in [0.3, 0.4) is 0 Å². The maximum absolute atomic E-state index is 5.02. The largest absolute Gasteiger partial charge is 0.416 e. The van der Waals surface area contributed by atoms with Gasteiger partial charge in [0.1, 0.15) is 0 Å². The number of hydrogen-bond donors (Lipinski definition) is 0. The van der Waals surface area contributed by atoms with Crippen LogP contribution in [-0.2, 0) is 6.42 Å². The van der Waals surface area contributed by atoms with Gasteiger partial charge in [0, 0.05) is 22.4 Å². The number of aromatic nitrogens is 2. The summed E-state index contributed by atoms with van der Waals surface area (Å²) < 4.78 is 5.02. The van der Waals surface area contributed by atoms with E-state index in [-0.39, 0.29) is 0 Å². The molecular weight excluding hydrogens is 184 g/mol. The molecule has 0 spiro atoms. The zero-order valence-corrected chi connectivity index (χ0v) is 6.68. The molecule has 1 aromatic heterocycles. The highest BCUT2D eigenvalue weighted by Gasteiger charge is 1.99. The first-order chi connectivity index (χ1) is 4.33. The maximum Gasteiger partial charge on any atom is 0.284 e.